The Balaban J connectivity index is 2.76. The molecule has 0 radical (unpaired) electrons. The minimum absolute atomic E-state index is 0.116. The smallest absolute Gasteiger partial charge is 0.263 e. The number of hydrogen-bond donors (Lipinski definition) is 3. The molecule has 0 saturated heterocycles. The lowest BCUT2D eigenvalue weighted by molar-refractivity contribution is -0.117. The monoisotopic (exact) mass is 311 g/mol. The fraction of sp³-hybridized carbons (Fsp3) is 0.600. The maximum atomic E-state index is 12.2. The lowest BCUT2D eigenvalue weighted by Gasteiger charge is -2.14. The standard InChI is InChI=1S/C15H25N3O2S/c1-5-7-16-11(4)14(19)18-12-10(3)9-21-13(12)15(20)17-8-6-2/h9,11,16H,5-8H2,1-4H3,(H,17,20)(H,18,19)/t11-/m1/s1. The minimum Gasteiger partial charge on any atom is -0.351 e. The largest absolute Gasteiger partial charge is 0.351 e. The maximum absolute atomic E-state index is 12.2. The van der Waals surface area contributed by atoms with E-state index in [4.69, 9.17) is 0 Å². The van der Waals surface area contributed by atoms with Gasteiger partial charge in [-0.2, -0.15) is 0 Å². The summed E-state index contributed by atoms with van der Waals surface area (Å²) < 4.78 is 0. The zero-order chi connectivity index (χ0) is 15.8. The number of carbonyl (C=O) groups excluding carboxylic acids is 2. The van der Waals surface area contributed by atoms with Gasteiger partial charge in [-0.3, -0.25) is 9.59 Å². The molecule has 6 heteroatoms. The van der Waals surface area contributed by atoms with Gasteiger partial charge in [-0.25, -0.2) is 0 Å². The highest BCUT2D eigenvalue weighted by molar-refractivity contribution is 7.13. The van der Waals surface area contributed by atoms with Gasteiger partial charge in [-0.05, 0) is 44.2 Å². The van der Waals surface area contributed by atoms with Crippen LogP contribution in [0.4, 0.5) is 5.69 Å². The second-order valence-electron chi connectivity index (χ2n) is 5.04. The van der Waals surface area contributed by atoms with Gasteiger partial charge in [0.1, 0.15) is 4.88 Å². The summed E-state index contributed by atoms with van der Waals surface area (Å²) in [5.74, 6) is -0.242. The zero-order valence-electron chi connectivity index (χ0n) is 13.2. The van der Waals surface area contributed by atoms with E-state index < -0.39 is 0 Å². The quantitative estimate of drug-likeness (QED) is 0.691. The van der Waals surface area contributed by atoms with E-state index in [1.54, 1.807) is 0 Å². The van der Waals surface area contributed by atoms with E-state index in [0.717, 1.165) is 24.9 Å². The van der Waals surface area contributed by atoms with Crippen LogP contribution in [0.3, 0.4) is 0 Å². The molecule has 0 fully saturated rings. The SMILES string of the molecule is CCCNC(=O)c1scc(C)c1NC(=O)[C@@H](C)NCCC. The lowest BCUT2D eigenvalue weighted by Crippen LogP contribution is -2.38. The molecule has 0 bridgehead atoms. The maximum Gasteiger partial charge on any atom is 0.263 e. The molecule has 1 rings (SSSR count). The van der Waals surface area contributed by atoms with Gasteiger partial charge >= 0.3 is 0 Å². The molecule has 0 unspecified atom stereocenters. The van der Waals surface area contributed by atoms with Crippen molar-refractivity contribution in [1.29, 1.82) is 0 Å². The highest BCUT2D eigenvalue weighted by atomic mass is 32.1. The number of hydrogen-bond acceptors (Lipinski definition) is 4. The first kappa shape index (κ1) is 17.7. The summed E-state index contributed by atoms with van der Waals surface area (Å²) in [4.78, 5) is 24.8. The predicted molar refractivity (Wildman–Crippen MR) is 88.1 cm³/mol. The van der Waals surface area contributed by atoms with Gasteiger partial charge in [0, 0.05) is 6.54 Å². The molecule has 1 aromatic rings. The van der Waals surface area contributed by atoms with E-state index in [0.29, 0.717) is 17.1 Å². The Morgan fingerprint density at radius 3 is 2.52 bits per heavy atom. The van der Waals surface area contributed by atoms with Crippen LogP contribution in [0.5, 0.6) is 0 Å². The molecule has 3 N–H and O–H groups in total. The second-order valence-corrected chi connectivity index (χ2v) is 5.92. The van der Waals surface area contributed by atoms with Gasteiger partial charge in [0.2, 0.25) is 5.91 Å². The van der Waals surface area contributed by atoms with Gasteiger partial charge in [0.15, 0.2) is 0 Å². The predicted octanol–water partition coefficient (Wildman–Crippen LogP) is 2.52. The third kappa shape index (κ3) is 5.13. The zero-order valence-corrected chi connectivity index (χ0v) is 14.0. The van der Waals surface area contributed by atoms with Crippen molar-refractivity contribution in [2.24, 2.45) is 0 Å². The van der Waals surface area contributed by atoms with Crippen molar-refractivity contribution >= 4 is 28.8 Å². The van der Waals surface area contributed by atoms with E-state index in [-0.39, 0.29) is 17.9 Å². The molecule has 2 amide bonds. The van der Waals surface area contributed by atoms with Crippen LogP contribution in [0.2, 0.25) is 0 Å². The summed E-state index contributed by atoms with van der Waals surface area (Å²) in [6, 6.07) is -0.282. The van der Waals surface area contributed by atoms with Gasteiger partial charge < -0.3 is 16.0 Å². The molecule has 1 atom stereocenters. The average molecular weight is 311 g/mol. The Labute approximate surface area is 130 Å². The van der Waals surface area contributed by atoms with Gasteiger partial charge in [0.25, 0.3) is 5.91 Å². The van der Waals surface area contributed by atoms with Crippen molar-refractivity contribution in [2.45, 2.75) is 46.6 Å². The normalized spacial score (nSPS) is 12.0. The summed E-state index contributed by atoms with van der Waals surface area (Å²) in [6.45, 7) is 9.20. The Bertz CT molecular complexity index is 485. The third-order valence-electron chi connectivity index (χ3n) is 3.06. The number of carbonyl (C=O) groups is 2. The summed E-state index contributed by atoms with van der Waals surface area (Å²) in [6.07, 6.45) is 1.86. The number of anilines is 1. The van der Waals surface area contributed by atoms with E-state index >= 15 is 0 Å². The summed E-state index contributed by atoms with van der Waals surface area (Å²) >= 11 is 1.36. The molecule has 0 spiro atoms. The molecule has 1 aromatic heterocycles. The molecule has 0 aliphatic rings. The van der Waals surface area contributed by atoms with Crippen molar-refractivity contribution in [3.63, 3.8) is 0 Å². The van der Waals surface area contributed by atoms with Crippen LogP contribution in [-0.2, 0) is 4.79 Å². The van der Waals surface area contributed by atoms with Crippen molar-refractivity contribution < 1.29 is 9.59 Å². The first-order chi connectivity index (χ1) is 10.0. The first-order valence-corrected chi connectivity index (χ1v) is 8.29. The van der Waals surface area contributed by atoms with Crippen LogP contribution in [0.15, 0.2) is 5.38 Å². The van der Waals surface area contributed by atoms with Crippen LogP contribution >= 0.6 is 11.3 Å². The van der Waals surface area contributed by atoms with Crippen molar-refractivity contribution in [3.05, 3.63) is 15.8 Å². The lowest BCUT2D eigenvalue weighted by atomic mass is 10.2. The number of aryl methyl sites for hydroxylation is 1. The summed E-state index contributed by atoms with van der Waals surface area (Å²) in [7, 11) is 0. The van der Waals surface area contributed by atoms with Crippen LogP contribution in [0.25, 0.3) is 0 Å². The second kappa shape index (κ2) is 8.79. The molecular weight excluding hydrogens is 286 g/mol. The number of nitrogens with one attached hydrogen (secondary N) is 3. The van der Waals surface area contributed by atoms with Crippen LogP contribution < -0.4 is 16.0 Å². The van der Waals surface area contributed by atoms with Crippen molar-refractivity contribution in [3.8, 4) is 0 Å². The van der Waals surface area contributed by atoms with Gasteiger partial charge in [-0.15, -0.1) is 11.3 Å². The minimum atomic E-state index is -0.282. The van der Waals surface area contributed by atoms with Crippen LogP contribution in [0.1, 0.15) is 48.8 Å². The topological polar surface area (TPSA) is 70.2 Å². The third-order valence-corrected chi connectivity index (χ3v) is 4.16. The average Bonchev–Trinajstić information content (AvgIpc) is 2.83. The molecule has 0 aromatic carbocycles. The highest BCUT2D eigenvalue weighted by Gasteiger charge is 2.20. The molecule has 118 valence electrons. The van der Waals surface area contributed by atoms with Gasteiger partial charge in [0.05, 0.1) is 11.7 Å². The molecule has 0 aliphatic heterocycles. The number of rotatable bonds is 8. The molecule has 5 nitrogen and oxygen atoms in total. The molecule has 0 saturated carbocycles. The Morgan fingerprint density at radius 2 is 1.90 bits per heavy atom. The van der Waals surface area contributed by atoms with Crippen LogP contribution in [0, 0.1) is 6.92 Å². The summed E-state index contributed by atoms with van der Waals surface area (Å²) in [5.41, 5.74) is 1.54. The molecule has 0 aliphatic carbocycles. The van der Waals surface area contributed by atoms with E-state index in [9.17, 15) is 9.59 Å². The molecule has 1 heterocycles. The number of thiophene rings is 1. The van der Waals surface area contributed by atoms with Gasteiger partial charge in [-0.1, -0.05) is 13.8 Å². The first-order valence-electron chi connectivity index (χ1n) is 7.41. The Morgan fingerprint density at radius 1 is 1.24 bits per heavy atom. The Kier molecular flexibility index (Phi) is 7.39. The highest BCUT2D eigenvalue weighted by Crippen LogP contribution is 2.27. The number of amides is 2. The fourth-order valence-electron chi connectivity index (χ4n) is 1.77. The fourth-order valence-corrected chi connectivity index (χ4v) is 2.69. The van der Waals surface area contributed by atoms with Crippen molar-refractivity contribution in [1.82, 2.24) is 10.6 Å². The van der Waals surface area contributed by atoms with Crippen molar-refractivity contribution in [2.75, 3.05) is 18.4 Å². The van der Waals surface area contributed by atoms with Crippen LogP contribution in [-0.4, -0.2) is 30.9 Å². The van der Waals surface area contributed by atoms with E-state index in [1.807, 2.05) is 26.2 Å². The van der Waals surface area contributed by atoms with E-state index in [2.05, 4.69) is 22.9 Å². The van der Waals surface area contributed by atoms with E-state index in [1.165, 1.54) is 11.3 Å². The molecular formula is C15H25N3O2S. The summed E-state index contributed by atoms with van der Waals surface area (Å²) in [5, 5.41) is 10.7. The molecule has 21 heavy (non-hydrogen) atoms. The Hall–Kier alpha value is -1.40.